The Morgan fingerprint density at radius 2 is 2.16 bits per heavy atom. The number of rotatable bonds is 5. The van der Waals surface area contributed by atoms with Crippen molar-refractivity contribution in [2.75, 3.05) is 11.5 Å². The van der Waals surface area contributed by atoms with Crippen molar-refractivity contribution in [1.82, 2.24) is 24.6 Å². The van der Waals surface area contributed by atoms with Gasteiger partial charge in [-0.1, -0.05) is 13.8 Å². The van der Waals surface area contributed by atoms with Crippen molar-refractivity contribution in [3.63, 3.8) is 0 Å². The average molecular weight is 361 g/mol. The van der Waals surface area contributed by atoms with Crippen LogP contribution in [0.3, 0.4) is 0 Å². The summed E-state index contributed by atoms with van der Waals surface area (Å²) in [6.07, 6.45) is 6.03. The molecule has 1 fully saturated rings. The largest absolute Gasteiger partial charge is 0.345 e. The summed E-state index contributed by atoms with van der Waals surface area (Å²) >= 11 is 0. The van der Waals surface area contributed by atoms with Crippen LogP contribution >= 0.6 is 0 Å². The Hall–Kier alpha value is -1.96. The van der Waals surface area contributed by atoms with Crippen LogP contribution in [0, 0.1) is 11.8 Å². The molecule has 0 spiro atoms. The van der Waals surface area contributed by atoms with Gasteiger partial charge in [0.15, 0.2) is 21.1 Å². The molecule has 0 radical (unpaired) electrons. The van der Waals surface area contributed by atoms with Crippen LogP contribution in [0.15, 0.2) is 18.5 Å². The van der Waals surface area contributed by atoms with Gasteiger partial charge in [-0.05, 0) is 37.2 Å². The maximum Gasteiger partial charge on any atom is 0.179 e. The molecule has 0 saturated heterocycles. The van der Waals surface area contributed by atoms with Crippen molar-refractivity contribution in [2.45, 2.75) is 39.0 Å². The number of sulfone groups is 1. The quantitative estimate of drug-likeness (QED) is 0.754. The van der Waals surface area contributed by atoms with E-state index < -0.39 is 9.84 Å². The molecule has 1 N–H and O–H groups in total. The molecule has 1 aliphatic rings. The smallest absolute Gasteiger partial charge is 0.179 e. The molecule has 25 heavy (non-hydrogen) atoms. The summed E-state index contributed by atoms with van der Waals surface area (Å²) < 4.78 is 26.4. The molecular weight excluding hydrogens is 338 g/mol. The van der Waals surface area contributed by atoms with Crippen LogP contribution in [-0.4, -0.2) is 44.5 Å². The molecule has 3 atom stereocenters. The highest BCUT2D eigenvalue weighted by molar-refractivity contribution is 7.91. The van der Waals surface area contributed by atoms with Gasteiger partial charge in [0.1, 0.15) is 5.82 Å². The van der Waals surface area contributed by atoms with Crippen molar-refractivity contribution < 1.29 is 8.42 Å². The standard InChI is InChI=1S/C17H23N5O2S/c1-3-6-25(23,24)10-12-7-11(2)13(8-12)17-21-20-15-9-19-16-14(22(15)17)4-5-18-16/h4-5,9,11-13,18H,3,6-8,10H2,1-2H3/t11-,12+,13+/m1/s1. The molecule has 3 aromatic heterocycles. The minimum Gasteiger partial charge on any atom is -0.345 e. The second-order valence-corrected chi connectivity index (χ2v) is 9.49. The molecule has 0 aromatic carbocycles. The maximum absolute atomic E-state index is 12.2. The Morgan fingerprint density at radius 3 is 2.96 bits per heavy atom. The molecule has 1 aliphatic carbocycles. The van der Waals surface area contributed by atoms with Crippen LogP contribution < -0.4 is 0 Å². The van der Waals surface area contributed by atoms with Crippen LogP contribution in [0.5, 0.6) is 0 Å². The second-order valence-electron chi connectivity index (χ2n) is 7.26. The predicted octanol–water partition coefficient (Wildman–Crippen LogP) is 2.56. The first-order valence-electron chi connectivity index (χ1n) is 8.86. The van der Waals surface area contributed by atoms with E-state index in [2.05, 4.69) is 31.5 Å². The summed E-state index contributed by atoms with van der Waals surface area (Å²) in [6.45, 7) is 4.10. The zero-order valence-corrected chi connectivity index (χ0v) is 15.3. The van der Waals surface area contributed by atoms with E-state index in [0.717, 1.165) is 35.5 Å². The molecular formula is C17H23N5O2S. The zero-order valence-electron chi connectivity index (χ0n) is 14.5. The molecule has 3 aromatic rings. The lowest BCUT2D eigenvalue weighted by atomic mass is 9.97. The predicted molar refractivity (Wildman–Crippen MR) is 96.2 cm³/mol. The molecule has 0 unspecified atom stereocenters. The number of hydrogen-bond acceptors (Lipinski definition) is 5. The fourth-order valence-corrected chi connectivity index (χ4v) is 6.04. The van der Waals surface area contributed by atoms with Gasteiger partial charge >= 0.3 is 0 Å². The Kier molecular flexibility index (Phi) is 4.02. The van der Waals surface area contributed by atoms with E-state index in [1.54, 1.807) is 6.20 Å². The Balaban J connectivity index is 1.66. The highest BCUT2D eigenvalue weighted by Crippen LogP contribution is 2.43. The van der Waals surface area contributed by atoms with E-state index in [1.807, 2.05) is 19.2 Å². The van der Waals surface area contributed by atoms with E-state index in [4.69, 9.17) is 0 Å². The molecule has 0 bridgehead atoms. The van der Waals surface area contributed by atoms with Crippen LogP contribution in [-0.2, 0) is 9.84 Å². The monoisotopic (exact) mass is 361 g/mol. The average Bonchev–Trinajstić information content (AvgIpc) is 3.23. The van der Waals surface area contributed by atoms with Gasteiger partial charge in [0.05, 0.1) is 17.5 Å². The number of nitrogens with one attached hydrogen (secondary N) is 1. The second kappa shape index (κ2) is 6.09. The highest BCUT2D eigenvalue weighted by Gasteiger charge is 2.37. The zero-order chi connectivity index (χ0) is 17.6. The number of nitrogens with zero attached hydrogens (tertiary/aromatic N) is 4. The fraction of sp³-hybridized carbons (Fsp3) is 0.588. The van der Waals surface area contributed by atoms with Gasteiger partial charge in [0.2, 0.25) is 0 Å². The maximum atomic E-state index is 12.2. The van der Waals surface area contributed by atoms with Gasteiger partial charge in [-0.2, -0.15) is 0 Å². The van der Waals surface area contributed by atoms with Crippen molar-refractivity contribution in [3.05, 3.63) is 24.3 Å². The minimum atomic E-state index is -2.96. The van der Waals surface area contributed by atoms with Gasteiger partial charge in [0.25, 0.3) is 0 Å². The van der Waals surface area contributed by atoms with E-state index in [1.165, 1.54) is 0 Å². The molecule has 134 valence electrons. The third-order valence-electron chi connectivity index (χ3n) is 5.28. The van der Waals surface area contributed by atoms with Gasteiger partial charge in [-0.25, -0.2) is 13.4 Å². The Labute approximate surface area is 146 Å². The lowest BCUT2D eigenvalue weighted by Gasteiger charge is -2.13. The molecule has 0 aliphatic heterocycles. The van der Waals surface area contributed by atoms with Crippen molar-refractivity contribution in [2.24, 2.45) is 11.8 Å². The first-order valence-corrected chi connectivity index (χ1v) is 10.7. The normalized spacial score (nSPS) is 24.5. The van der Waals surface area contributed by atoms with Crippen LogP contribution in [0.25, 0.3) is 16.8 Å². The summed E-state index contributed by atoms with van der Waals surface area (Å²) in [4.78, 5) is 7.47. The molecule has 8 heteroatoms. The molecule has 1 saturated carbocycles. The fourth-order valence-electron chi connectivity index (χ4n) is 4.27. The van der Waals surface area contributed by atoms with Crippen molar-refractivity contribution in [3.8, 4) is 0 Å². The van der Waals surface area contributed by atoms with Crippen molar-refractivity contribution in [1.29, 1.82) is 0 Å². The van der Waals surface area contributed by atoms with Gasteiger partial charge in [0, 0.05) is 17.9 Å². The van der Waals surface area contributed by atoms with E-state index >= 15 is 0 Å². The van der Waals surface area contributed by atoms with Crippen LogP contribution in [0.4, 0.5) is 0 Å². The van der Waals surface area contributed by atoms with Gasteiger partial charge < -0.3 is 4.98 Å². The third-order valence-corrected chi connectivity index (χ3v) is 7.29. The molecule has 3 heterocycles. The van der Waals surface area contributed by atoms with E-state index in [0.29, 0.717) is 18.1 Å². The summed E-state index contributed by atoms with van der Waals surface area (Å²) in [6, 6.07) is 1.98. The summed E-state index contributed by atoms with van der Waals surface area (Å²) in [5, 5.41) is 8.71. The Morgan fingerprint density at radius 1 is 1.32 bits per heavy atom. The van der Waals surface area contributed by atoms with E-state index in [9.17, 15) is 8.42 Å². The number of H-pyrrole nitrogens is 1. The Bertz CT molecular complexity index is 1010. The molecule has 7 nitrogen and oxygen atoms in total. The highest BCUT2D eigenvalue weighted by atomic mass is 32.2. The lowest BCUT2D eigenvalue weighted by Crippen LogP contribution is -2.17. The van der Waals surface area contributed by atoms with E-state index in [-0.39, 0.29) is 17.6 Å². The topological polar surface area (TPSA) is 93.0 Å². The van der Waals surface area contributed by atoms with Crippen LogP contribution in [0.2, 0.25) is 0 Å². The first-order chi connectivity index (χ1) is 12.0. The number of aromatic nitrogens is 5. The van der Waals surface area contributed by atoms with Crippen LogP contribution in [0.1, 0.15) is 44.9 Å². The molecule has 0 amide bonds. The molecule has 4 rings (SSSR count). The summed E-state index contributed by atoms with van der Waals surface area (Å²) in [5.74, 6) is 2.30. The SMILES string of the molecule is CCCS(=O)(=O)C[C@H]1C[C@@H](C)[C@@H](c2nnc3cnc4[nH]ccc4n23)C1. The minimum absolute atomic E-state index is 0.201. The van der Waals surface area contributed by atoms with Gasteiger partial charge in [-0.15, -0.1) is 10.2 Å². The van der Waals surface area contributed by atoms with Crippen molar-refractivity contribution >= 4 is 26.6 Å². The number of hydrogen-bond donors (Lipinski definition) is 1. The summed E-state index contributed by atoms with van der Waals surface area (Å²) in [7, 11) is -2.96. The number of aromatic amines is 1. The van der Waals surface area contributed by atoms with Gasteiger partial charge in [-0.3, -0.25) is 4.40 Å². The lowest BCUT2D eigenvalue weighted by molar-refractivity contribution is 0.504. The third kappa shape index (κ3) is 2.92. The first kappa shape index (κ1) is 16.5. The number of fused-ring (bicyclic) bond motifs is 3. The summed E-state index contributed by atoms with van der Waals surface area (Å²) in [5.41, 5.74) is 2.50.